The van der Waals surface area contributed by atoms with Gasteiger partial charge < -0.3 is 14.6 Å². The standard InChI is InChI=1S/C31H31ClN4O8S2/c32-25-18-21(12-13-23(25)29-20-30(37)36-46(29,41)42)19-26(35-45(39,40)22-8-2-1-3-9-22)31(38)33-15-6-7-17-43-27-11-5-4-10-24(27)28-14-16-34-44-28/h1-5,8-14,16,18,26,29,35H,6-7,15,17,19-20H2,(H,33,38)(H,36,37). The zero-order chi connectivity index (χ0) is 32.7. The highest BCUT2D eigenvalue weighted by Crippen LogP contribution is 2.35. The molecule has 46 heavy (non-hydrogen) atoms. The van der Waals surface area contributed by atoms with E-state index < -0.39 is 43.2 Å². The lowest BCUT2D eigenvalue weighted by Gasteiger charge is -2.20. The molecule has 0 radical (unpaired) electrons. The first-order valence-corrected chi connectivity index (χ1v) is 17.7. The van der Waals surface area contributed by atoms with Crippen molar-refractivity contribution in [3.63, 3.8) is 0 Å². The number of nitrogens with one attached hydrogen (secondary N) is 3. The first kappa shape index (κ1) is 33.1. The number of carbonyl (C=O) groups is 2. The van der Waals surface area contributed by atoms with E-state index >= 15 is 0 Å². The number of halogens is 1. The Morgan fingerprint density at radius 3 is 2.52 bits per heavy atom. The predicted octanol–water partition coefficient (Wildman–Crippen LogP) is 3.75. The van der Waals surface area contributed by atoms with Gasteiger partial charge in [-0.15, -0.1) is 0 Å². The van der Waals surface area contributed by atoms with Crippen LogP contribution in [-0.4, -0.2) is 53.0 Å². The monoisotopic (exact) mass is 686 g/mol. The van der Waals surface area contributed by atoms with Crippen LogP contribution in [0, 0.1) is 0 Å². The number of hydrogen-bond acceptors (Lipinski definition) is 9. The van der Waals surface area contributed by atoms with Crippen molar-refractivity contribution in [2.24, 2.45) is 0 Å². The molecule has 3 aromatic carbocycles. The Balaban J connectivity index is 1.22. The SMILES string of the molecule is O=C1CC(c2ccc(CC(NS(=O)(=O)c3ccccc3)C(=O)NCCCCOc3ccccc3-c3ccno3)cc2Cl)S(=O)(=O)N1. The summed E-state index contributed by atoms with van der Waals surface area (Å²) in [7, 11) is -7.99. The summed E-state index contributed by atoms with van der Waals surface area (Å²) in [5.74, 6) is 0.0414. The van der Waals surface area contributed by atoms with Gasteiger partial charge in [-0.2, -0.15) is 4.72 Å². The molecule has 1 aliphatic rings. The van der Waals surface area contributed by atoms with E-state index in [0.29, 0.717) is 36.5 Å². The van der Waals surface area contributed by atoms with Crippen LogP contribution in [0.3, 0.4) is 0 Å². The van der Waals surface area contributed by atoms with Crippen LogP contribution in [0.4, 0.5) is 0 Å². The van der Waals surface area contributed by atoms with E-state index in [1.54, 1.807) is 36.5 Å². The molecule has 242 valence electrons. The number of nitrogens with zero attached hydrogens (tertiary/aromatic N) is 1. The van der Waals surface area contributed by atoms with Gasteiger partial charge in [-0.25, -0.2) is 16.8 Å². The Morgan fingerprint density at radius 1 is 1.07 bits per heavy atom. The molecule has 1 aliphatic heterocycles. The van der Waals surface area contributed by atoms with Gasteiger partial charge in [0.05, 0.1) is 29.7 Å². The van der Waals surface area contributed by atoms with Crippen molar-refractivity contribution in [1.29, 1.82) is 0 Å². The van der Waals surface area contributed by atoms with Crippen LogP contribution in [0.5, 0.6) is 5.75 Å². The summed E-state index contributed by atoms with van der Waals surface area (Å²) >= 11 is 6.43. The van der Waals surface area contributed by atoms with Gasteiger partial charge in [0.15, 0.2) is 5.76 Å². The van der Waals surface area contributed by atoms with Crippen molar-refractivity contribution in [2.45, 2.75) is 41.9 Å². The number of rotatable bonds is 14. The lowest BCUT2D eigenvalue weighted by Crippen LogP contribution is -2.48. The largest absolute Gasteiger partial charge is 0.493 e. The van der Waals surface area contributed by atoms with Crippen LogP contribution in [0.2, 0.25) is 5.02 Å². The van der Waals surface area contributed by atoms with Crippen LogP contribution in [0.15, 0.2) is 94.5 Å². The fourth-order valence-corrected chi connectivity index (χ4v) is 8.03. The van der Waals surface area contributed by atoms with Gasteiger partial charge in [-0.3, -0.25) is 14.3 Å². The molecule has 2 atom stereocenters. The van der Waals surface area contributed by atoms with E-state index in [1.807, 2.05) is 29.0 Å². The van der Waals surface area contributed by atoms with Gasteiger partial charge in [-0.1, -0.05) is 59.2 Å². The Labute approximate surface area is 271 Å². The van der Waals surface area contributed by atoms with Crippen molar-refractivity contribution < 1.29 is 35.7 Å². The molecule has 1 saturated heterocycles. The minimum Gasteiger partial charge on any atom is -0.493 e. The first-order chi connectivity index (χ1) is 22.0. The lowest BCUT2D eigenvalue weighted by atomic mass is 10.0. The number of amides is 2. The van der Waals surface area contributed by atoms with Crippen LogP contribution in [-0.2, 0) is 36.1 Å². The highest BCUT2D eigenvalue weighted by molar-refractivity contribution is 7.90. The van der Waals surface area contributed by atoms with E-state index in [9.17, 15) is 26.4 Å². The molecule has 1 fully saturated rings. The Morgan fingerprint density at radius 2 is 1.83 bits per heavy atom. The Hall–Kier alpha value is -4.24. The molecule has 2 heterocycles. The van der Waals surface area contributed by atoms with Crippen molar-refractivity contribution in [3.05, 3.63) is 101 Å². The molecule has 15 heteroatoms. The maximum atomic E-state index is 13.3. The molecule has 0 bridgehead atoms. The van der Waals surface area contributed by atoms with Gasteiger partial charge in [0.25, 0.3) is 0 Å². The number of ether oxygens (including phenoxy) is 1. The quantitative estimate of drug-likeness (QED) is 0.167. The van der Waals surface area contributed by atoms with Gasteiger partial charge in [0.2, 0.25) is 31.9 Å². The molecule has 0 spiro atoms. The molecular weight excluding hydrogens is 656 g/mol. The third-order valence-corrected chi connectivity index (χ3v) is 10.7. The summed E-state index contributed by atoms with van der Waals surface area (Å²) in [4.78, 5) is 25.0. The van der Waals surface area contributed by atoms with Gasteiger partial charge in [0, 0.05) is 17.6 Å². The molecule has 0 aliphatic carbocycles. The van der Waals surface area contributed by atoms with E-state index in [2.05, 4.69) is 15.2 Å². The number of carbonyl (C=O) groups excluding carboxylic acids is 2. The zero-order valence-electron chi connectivity index (χ0n) is 24.4. The van der Waals surface area contributed by atoms with E-state index in [-0.39, 0.29) is 34.9 Å². The minimum absolute atomic E-state index is 0.00690. The summed E-state index contributed by atoms with van der Waals surface area (Å²) in [5.41, 5.74) is 1.49. The number of hydrogen-bond donors (Lipinski definition) is 3. The van der Waals surface area contributed by atoms with Gasteiger partial charge in [-0.05, 0) is 60.7 Å². The highest BCUT2D eigenvalue weighted by Gasteiger charge is 2.39. The molecule has 1 aromatic heterocycles. The van der Waals surface area contributed by atoms with Crippen molar-refractivity contribution in [1.82, 2.24) is 19.9 Å². The fourth-order valence-electron chi connectivity index (χ4n) is 4.96. The van der Waals surface area contributed by atoms with Crippen LogP contribution >= 0.6 is 11.6 Å². The van der Waals surface area contributed by atoms with Crippen molar-refractivity contribution >= 4 is 43.5 Å². The van der Waals surface area contributed by atoms with Crippen molar-refractivity contribution in [3.8, 4) is 17.1 Å². The Bertz CT molecular complexity index is 1900. The second-order valence-corrected chi connectivity index (χ2v) is 14.5. The average Bonchev–Trinajstić information content (AvgIpc) is 3.66. The molecule has 2 unspecified atom stereocenters. The van der Waals surface area contributed by atoms with E-state index in [1.165, 1.54) is 24.3 Å². The summed E-state index contributed by atoms with van der Waals surface area (Å²) in [6.45, 7) is 0.629. The lowest BCUT2D eigenvalue weighted by molar-refractivity contribution is -0.122. The third-order valence-electron chi connectivity index (χ3n) is 7.24. The normalized spacial score (nSPS) is 16.5. The van der Waals surface area contributed by atoms with Crippen molar-refractivity contribution in [2.75, 3.05) is 13.2 Å². The molecule has 5 rings (SSSR count). The number of aromatic nitrogens is 1. The second kappa shape index (κ2) is 14.5. The molecule has 2 amide bonds. The molecule has 0 saturated carbocycles. The van der Waals surface area contributed by atoms with Gasteiger partial charge >= 0.3 is 0 Å². The number of unbranched alkanes of at least 4 members (excludes halogenated alkanes) is 1. The minimum atomic E-state index is -4.07. The predicted molar refractivity (Wildman–Crippen MR) is 170 cm³/mol. The third kappa shape index (κ3) is 8.12. The average molecular weight is 687 g/mol. The first-order valence-electron chi connectivity index (χ1n) is 14.3. The summed E-state index contributed by atoms with van der Waals surface area (Å²) in [6, 6.07) is 20.1. The molecular formula is C31H31ClN4O8S2. The molecule has 3 N–H and O–H groups in total. The molecule has 4 aromatic rings. The number of sulfonamides is 2. The second-order valence-electron chi connectivity index (χ2n) is 10.5. The Kier molecular flexibility index (Phi) is 10.4. The number of benzene rings is 3. The maximum Gasteiger partial charge on any atom is 0.242 e. The summed E-state index contributed by atoms with van der Waals surface area (Å²) < 4.78 is 66.6. The maximum absolute atomic E-state index is 13.3. The zero-order valence-corrected chi connectivity index (χ0v) is 26.8. The topological polar surface area (TPSA) is 174 Å². The number of para-hydroxylation sites is 1. The smallest absolute Gasteiger partial charge is 0.242 e. The van der Waals surface area contributed by atoms with Crippen LogP contribution in [0.1, 0.15) is 35.6 Å². The van der Waals surface area contributed by atoms with E-state index in [4.69, 9.17) is 20.9 Å². The fraction of sp³-hybridized carbons (Fsp3) is 0.258. The highest BCUT2D eigenvalue weighted by atomic mass is 35.5. The van der Waals surface area contributed by atoms with Gasteiger partial charge in [0.1, 0.15) is 17.0 Å². The molecule has 12 nitrogen and oxygen atoms in total. The summed E-state index contributed by atoms with van der Waals surface area (Å²) in [6.07, 6.45) is 2.37. The van der Waals surface area contributed by atoms with Crippen LogP contribution < -0.4 is 19.5 Å². The van der Waals surface area contributed by atoms with E-state index in [0.717, 1.165) is 5.56 Å². The van der Waals surface area contributed by atoms with Crippen LogP contribution in [0.25, 0.3) is 11.3 Å². The summed E-state index contributed by atoms with van der Waals surface area (Å²) in [5, 5.41) is 5.47.